The first-order valence-corrected chi connectivity index (χ1v) is 4.47. The first-order chi connectivity index (χ1) is 7.70. The number of benzene rings is 1. The van der Waals surface area contributed by atoms with Gasteiger partial charge in [-0.2, -0.15) is 5.26 Å². The second kappa shape index (κ2) is 3.80. The van der Waals surface area contributed by atoms with Crippen molar-refractivity contribution in [2.45, 2.75) is 0 Å². The van der Waals surface area contributed by atoms with E-state index in [0.29, 0.717) is 11.1 Å². The average Bonchev–Trinajstić information content (AvgIpc) is 2.69. The molecule has 1 heterocycles. The predicted octanol–water partition coefficient (Wildman–Crippen LogP) is 1.74. The van der Waals surface area contributed by atoms with Crippen LogP contribution in [0.2, 0.25) is 0 Å². The number of hydrogen-bond donors (Lipinski definition) is 2. The molecule has 16 heavy (non-hydrogen) atoms. The van der Waals surface area contributed by atoms with Gasteiger partial charge in [0.15, 0.2) is 6.07 Å². The molecule has 4 heteroatoms. The minimum Gasteiger partial charge on any atom is -0.477 e. The summed E-state index contributed by atoms with van der Waals surface area (Å²) in [5.41, 5.74) is 1.51. The van der Waals surface area contributed by atoms with Crippen LogP contribution in [0.15, 0.2) is 24.3 Å². The molecule has 0 aliphatic rings. The molecule has 0 radical (unpaired) electrons. The second-order valence-corrected chi connectivity index (χ2v) is 3.15. The maximum Gasteiger partial charge on any atom is 0.352 e. The standard InChI is InChI=1S/C12H6N2O2/c13-5-1-2-8-3-4-9-7-11(12(15)16)14-10(9)6-8/h3-4,6-7,14H,(H,15,16). The van der Waals surface area contributed by atoms with Gasteiger partial charge < -0.3 is 10.1 Å². The van der Waals surface area contributed by atoms with Crippen LogP contribution in [0.1, 0.15) is 16.1 Å². The molecule has 0 amide bonds. The summed E-state index contributed by atoms with van der Waals surface area (Å²) in [6.45, 7) is 0. The highest BCUT2D eigenvalue weighted by atomic mass is 16.4. The fraction of sp³-hybridized carbons (Fsp3) is 0. The van der Waals surface area contributed by atoms with E-state index < -0.39 is 5.97 Å². The summed E-state index contributed by atoms with van der Waals surface area (Å²) in [4.78, 5) is 13.5. The van der Waals surface area contributed by atoms with Crippen molar-refractivity contribution in [1.29, 1.82) is 5.26 Å². The lowest BCUT2D eigenvalue weighted by Crippen LogP contribution is -1.94. The Labute approximate surface area is 91.1 Å². The number of carboxylic acids is 1. The van der Waals surface area contributed by atoms with E-state index in [1.54, 1.807) is 30.3 Å². The Balaban J connectivity index is 2.54. The van der Waals surface area contributed by atoms with Crippen molar-refractivity contribution in [2.24, 2.45) is 0 Å². The predicted molar refractivity (Wildman–Crippen MR) is 57.7 cm³/mol. The first kappa shape index (κ1) is 9.82. The summed E-state index contributed by atoms with van der Waals surface area (Å²) in [5, 5.41) is 17.9. The molecule has 4 nitrogen and oxygen atoms in total. The zero-order chi connectivity index (χ0) is 11.5. The summed E-state index contributed by atoms with van der Waals surface area (Å²) >= 11 is 0. The Morgan fingerprint density at radius 2 is 2.19 bits per heavy atom. The highest BCUT2D eigenvalue weighted by molar-refractivity contribution is 5.94. The van der Waals surface area contributed by atoms with Gasteiger partial charge in [-0.25, -0.2) is 4.79 Å². The van der Waals surface area contributed by atoms with E-state index in [0.717, 1.165) is 5.39 Å². The molecule has 0 unspecified atom stereocenters. The quantitative estimate of drug-likeness (QED) is 0.704. The third-order valence-electron chi connectivity index (χ3n) is 2.12. The molecular formula is C12H6N2O2. The monoisotopic (exact) mass is 210 g/mol. The summed E-state index contributed by atoms with van der Waals surface area (Å²) < 4.78 is 0. The SMILES string of the molecule is N#CC#Cc1ccc2cc(C(=O)O)[nH]c2c1. The Morgan fingerprint density at radius 1 is 1.38 bits per heavy atom. The highest BCUT2D eigenvalue weighted by Gasteiger charge is 2.06. The first-order valence-electron chi connectivity index (χ1n) is 4.47. The summed E-state index contributed by atoms with van der Waals surface area (Å²) in [5.74, 6) is 3.93. The van der Waals surface area contributed by atoms with Gasteiger partial charge in [0.05, 0.1) is 0 Å². The van der Waals surface area contributed by atoms with Crippen molar-refractivity contribution in [2.75, 3.05) is 0 Å². The number of fused-ring (bicyclic) bond motifs is 1. The molecule has 2 rings (SSSR count). The zero-order valence-corrected chi connectivity index (χ0v) is 8.11. The van der Waals surface area contributed by atoms with E-state index in [4.69, 9.17) is 10.4 Å². The second-order valence-electron chi connectivity index (χ2n) is 3.15. The minimum atomic E-state index is -0.999. The van der Waals surface area contributed by atoms with Crippen LogP contribution in [0.25, 0.3) is 10.9 Å². The fourth-order valence-electron chi connectivity index (χ4n) is 1.42. The molecule has 0 atom stereocenters. The van der Waals surface area contributed by atoms with Crippen molar-refractivity contribution in [1.82, 2.24) is 4.98 Å². The third-order valence-corrected chi connectivity index (χ3v) is 2.12. The highest BCUT2D eigenvalue weighted by Crippen LogP contribution is 2.16. The lowest BCUT2D eigenvalue weighted by atomic mass is 10.2. The maximum absolute atomic E-state index is 10.7. The van der Waals surface area contributed by atoms with Gasteiger partial charge >= 0.3 is 5.97 Å². The van der Waals surface area contributed by atoms with Gasteiger partial charge in [-0.05, 0) is 18.2 Å². The van der Waals surface area contributed by atoms with E-state index >= 15 is 0 Å². The molecule has 0 fully saturated rings. The van der Waals surface area contributed by atoms with E-state index in [1.165, 1.54) is 0 Å². The van der Waals surface area contributed by atoms with Crippen LogP contribution in [0.5, 0.6) is 0 Å². The van der Waals surface area contributed by atoms with Crippen LogP contribution in [-0.2, 0) is 0 Å². The molecule has 2 N–H and O–H groups in total. The molecule has 0 saturated carbocycles. The Hall–Kier alpha value is -2.72. The molecule has 76 valence electrons. The number of nitriles is 1. The lowest BCUT2D eigenvalue weighted by molar-refractivity contribution is 0.0691. The molecule has 0 aliphatic heterocycles. The Kier molecular flexibility index (Phi) is 2.33. The summed E-state index contributed by atoms with van der Waals surface area (Å²) in [6, 6.07) is 8.50. The molecule has 0 aliphatic carbocycles. The van der Waals surface area contributed by atoms with Crippen LogP contribution >= 0.6 is 0 Å². The lowest BCUT2D eigenvalue weighted by Gasteiger charge is -1.90. The smallest absolute Gasteiger partial charge is 0.352 e. The molecule has 0 saturated heterocycles. The fourth-order valence-corrected chi connectivity index (χ4v) is 1.42. The van der Waals surface area contributed by atoms with Crippen molar-refractivity contribution in [3.05, 3.63) is 35.5 Å². The Morgan fingerprint density at radius 3 is 2.88 bits per heavy atom. The van der Waals surface area contributed by atoms with E-state index in [2.05, 4.69) is 16.8 Å². The largest absolute Gasteiger partial charge is 0.477 e. The average molecular weight is 210 g/mol. The molecule has 1 aromatic heterocycles. The summed E-state index contributed by atoms with van der Waals surface area (Å²) in [7, 11) is 0. The van der Waals surface area contributed by atoms with Crippen LogP contribution in [-0.4, -0.2) is 16.1 Å². The van der Waals surface area contributed by atoms with E-state index in [-0.39, 0.29) is 5.69 Å². The van der Waals surface area contributed by atoms with E-state index in [1.807, 2.05) is 0 Å². The number of hydrogen-bond acceptors (Lipinski definition) is 2. The van der Waals surface area contributed by atoms with Gasteiger partial charge in [-0.15, -0.1) is 0 Å². The van der Waals surface area contributed by atoms with Crippen LogP contribution in [0.3, 0.4) is 0 Å². The minimum absolute atomic E-state index is 0.139. The number of aromatic carboxylic acids is 1. The molecule has 0 spiro atoms. The van der Waals surface area contributed by atoms with E-state index in [9.17, 15) is 4.79 Å². The van der Waals surface area contributed by atoms with Crippen molar-refractivity contribution >= 4 is 16.9 Å². The number of carbonyl (C=O) groups is 1. The normalized spacial score (nSPS) is 9.19. The molecule has 1 aromatic carbocycles. The van der Waals surface area contributed by atoms with Crippen LogP contribution < -0.4 is 0 Å². The van der Waals surface area contributed by atoms with Gasteiger partial charge in [0, 0.05) is 22.4 Å². The number of H-pyrrole nitrogens is 1. The number of nitrogens with zero attached hydrogens (tertiary/aromatic N) is 1. The molecule has 2 aromatic rings. The van der Waals surface area contributed by atoms with Gasteiger partial charge in [0.25, 0.3) is 0 Å². The van der Waals surface area contributed by atoms with Crippen molar-refractivity contribution in [3.8, 4) is 17.9 Å². The van der Waals surface area contributed by atoms with Gasteiger partial charge in [-0.3, -0.25) is 0 Å². The topological polar surface area (TPSA) is 76.9 Å². The maximum atomic E-state index is 10.7. The number of aromatic amines is 1. The summed E-state index contributed by atoms with van der Waals surface area (Å²) in [6.07, 6.45) is 0. The van der Waals surface area contributed by atoms with Crippen molar-refractivity contribution < 1.29 is 9.90 Å². The molecule has 0 bridgehead atoms. The van der Waals surface area contributed by atoms with Crippen molar-refractivity contribution in [3.63, 3.8) is 0 Å². The van der Waals surface area contributed by atoms with Gasteiger partial charge in [0.1, 0.15) is 5.69 Å². The van der Waals surface area contributed by atoms with Crippen LogP contribution in [0.4, 0.5) is 0 Å². The number of aromatic nitrogens is 1. The number of nitrogens with one attached hydrogen (secondary N) is 1. The zero-order valence-electron chi connectivity index (χ0n) is 8.11. The number of carboxylic acid groups (broad SMARTS) is 1. The van der Waals surface area contributed by atoms with Gasteiger partial charge in [-0.1, -0.05) is 12.0 Å². The third kappa shape index (κ3) is 1.73. The van der Waals surface area contributed by atoms with Gasteiger partial charge in [0.2, 0.25) is 0 Å². The van der Waals surface area contributed by atoms with Crippen LogP contribution in [0, 0.1) is 23.2 Å². The number of rotatable bonds is 1. The molecular weight excluding hydrogens is 204 g/mol. The Bertz CT molecular complexity index is 666.